The van der Waals surface area contributed by atoms with E-state index in [0.717, 1.165) is 0 Å². The van der Waals surface area contributed by atoms with E-state index in [1.807, 2.05) is 13.8 Å². The van der Waals surface area contributed by atoms with Crippen molar-refractivity contribution in [3.05, 3.63) is 22.4 Å². The Morgan fingerprint density at radius 2 is 2.08 bits per heavy atom. The minimum atomic E-state index is -0.351. The van der Waals surface area contributed by atoms with Gasteiger partial charge in [0.25, 0.3) is 5.91 Å². The van der Waals surface area contributed by atoms with Crippen LogP contribution >= 0.6 is 0 Å². The maximum atomic E-state index is 11.6. The van der Waals surface area contributed by atoms with Crippen molar-refractivity contribution < 1.29 is 4.79 Å². The van der Waals surface area contributed by atoms with Gasteiger partial charge in [-0.3, -0.25) is 4.79 Å². The number of aromatic nitrogens is 2. The van der Waals surface area contributed by atoms with Gasteiger partial charge < -0.3 is 14.9 Å². The van der Waals surface area contributed by atoms with Crippen molar-refractivity contribution in [2.45, 2.75) is 13.8 Å². The van der Waals surface area contributed by atoms with E-state index in [1.165, 1.54) is 6.20 Å². The van der Waals surface area contributed by atoms with Crippen LogP contribution in [0.2, 0.25) is 0 Å². The van der Waals surface area contributed by atoms with Crippen molar-refractivity contribution in [1.29, 1.82) is 0 Å². The molecule has 1 amide bonds. The molecule has 0 unspecified atom stereocenters. The number of nitrogens with one attached hydrogen (secondary N) is 2. The van der Waals surface area contributed by atoms with E-state index in [4.69, 9.17) is 0 Å². The van der Waals surface area contributed by atoms with E-state index in [9.17, 15) is 9.59 Å². The van der Waals surface area contributed by atoms with E-state index >= 15 is 0 Å². The highest BCUT2D eigenvalue weighted by Crippen LogP contribution is 1.97. The van der Waals surface area contributed by atoms with Crippen LogP contribution in [0.5, 0.6) is 0 Å². The highest BCUT2D eigenvalue weighted by atomic mass is 16.2. The Bertz CT molecular complexity index is 335. The zero-order chi connectivity index (χ0) is 9.84. The van der Waals surface area contributed by atoms with Gasteiger partial charge in [-0.05, 0) is 13.8 Å². The Morgan fingerprint density at radius 3 is 2.46 bits per heavy atom. The van der Waals surface area contributed by atoms with Crippen LogP contribution in [0.3, 0.4) is 0 Å². The van der Waals surface area contributed by atoms with Crippen molar-refractivity contribution in [3.63, 3.8) is 0 Å². The summed E-state index contributed by atoms with van der Waals surface area (Å²) >= 11 is 0. The molecule has 5 nitrogen and oxygen atoms in total. The van der Waals surface area contributed by atoms with E-state index < -0.39 is 0 Å². The SMILES string of the molecule is CCN(CC)C(=O)c1c[nH]c(=O)[nH]1. The summed E-state index contributed by atoms with van der Waals surface area (Å²) < 4.78 is 0. The molecule has 0 spiro atoms. The summed E-state index contributed by atoms with van der Waals surface area (Å²) in [6, 6.07) is 0. The first-order valence-corrected chi connectivity index (χ1v) is 4.26. The van der Waals surface area contributed by atoms with Crippen LogP contribution in [0, 0.1) is 0 Å². The average molecular weight is 183 g/mol. The number of nitrogens with zero attached hydrogens (tertiary/aromatic N) is 1. The third-order valence-electron chi connectivity index (χ3n) is 1.88. The summed E-state index contributed by atoms with van der Waals surface area (Å²) in [5.41, 5.74) is -0.0378. The smallest absolute Gasteiger partial charge is 0.323 e. The van der Waals surface area contributed by atoms with Crippen LogP contribution in [0.15, 0.2) is 11.0 Å². The van der Waals surface area contributed by atoms with Crippen LogP contribution in [-0.2, 0) is 0 Å². The molecule has 0 saturated carbocycles. The Labute approximate surface area is 75.8 Å². The van der Waals surface area contributed by atoms with Crippen molar-refractivity contribution in [2.75, 3.05) is 13.1 Å². The second kappa shape index (κ2) is 3.93. The van der Waals surface area contributed by atoms with Gasteiger partial charge >= 0.3 is 5.69 Å². The van der Waals surface area contributed by atoms with Gasteiger partial charge in [-0.2, -0.15) is 0 Å². The number of aromatic amines is 2. The van der Waals surface area contributed by atoms with Crippen molar-refractivity contribution >= 4 is 5.91 Å². The molecule has 13 heavy (non-hydrogen) atoms. The summed E-state index contributed by atoms with van der Waals surface area (Å²) in [6.45, 7) is 5.07. The second-order valence-corrected chi connectivity index (χ2v) is 2.63. The molecule has 5 heteroatoms. The topological polar surface area (TPSA) is 69.0 Å². The molecular formula is C8H13N3O2. The number of hydrogen-bond donors (Lipinski definition) is 2. The van der Waals surface area contributed by atoms with Crippen LogP contribution in [0.25, 0.3) is 0 Å². The summed E-state index contributed by atoms with van der Waals surface area (Å²) in [5.74, 6) is -0.150. The molecule has 1 aromatic heterocycles. The average Bonchev–Trinajstić information content (AvgIpc) is 2.54. The van der Waals surface area contributed by atoms with Crippen molar-refractivity contribution in [1.82, 2.24) is 14.9 Å². The zero-order valence-electron chi connectivity index (χ0n) is 7.76. The van der Waals surface area contributed by atoms with Crippen LogP contribution in [0.1, 0.15) is 24.3 Å². The molecule has 0 aliphatic carbocycles. The van der Waals surface area contributed by atoms with Crippen molar-refractivity contribution in [2.24, 2.45) is 0 Å². The van der Waals surface area contributed by atoms with Crippen molar-refractivity contribution in [3.8, 4) is 0 Å². The molecule has 0 radical (unpaired) electrons. The summed E-state index contributed by atoms with van der Waals surface area (Å²) in [6.07, 6.45) is 1.39. The predicted molar refractivity (Wildman–Crippen MR) is 48.7 cm³/mol. The Kier molecular flexibility index (Phi) is 2.89. The molecule has 0 aliphatic heterocycles. The minimum absolute atomic E-state index is 0.150. The van der Waals surface area contributed by atoms with Gasteiger partial charge in [-0.25, -0.2) is 4.79 Å². The first-order valence-electron chi connectivity index (χ1n) is 4.26. The van der Waals surface area contributed by atoms with Gasteiger partial charge in [0, 0.05) is 19.3 Å². The fraction of sp³-hybridized carbons (Fsp3) is 0.500. The molecule has 1 heterocycles. The minimum Gasteiger partial charge on any atom is -0.338 e. The van der Waals surface area contributed by atoms with Crippen LogP contribution < -0.4 is 5.69 Å². The van der Waals surface area contributed by atoms with Crippen LogP contribution in [0.4, 0.5) is 0 Å². The standard InChI is InChI=1S/C8H13N3O2/c1-3-11(4-2)7(12)6-5-9-8(13)10-6/h5H,3-4H2,1-2H3,(H2,9,10,13). The molecular weight excluding hydrogens is 170 g/mol. The molecule has 0 bridgehead atoms. The number of carbonyl (C=O) groups excluding carboxylic acids is 1. The molecule has 0 atom stereocenters. The Hall–Kier alpha value is -1.52. The highest BCUT2D eigenvalue weighted by molar-refractivity contribution is 5.91. The van der Waals surface area contributed by atoms with E-state index in [0.29, 0.717) is 18.8 Å². The lowest BCUT2D eigenvalue weighted by Gasteiger charge is -2.16. The van der Waals surface area contributed by atoms with Gasteiger partial charge in [0.1, 0.15) is 5.69 Å². The fourth-order valence-electron chi connectivity index (χ4n) is 1.13. The van der Waals surface area contributed by atoms with E-state index in [1.54, 1.807) is 4.90 Å². The zero-order valence-corrected chi connectivity index (χ0v) is 7.76. The summed E-state index contributed by atoms with van der Waals surface area (Å²) in [7, 11) is 0. The lowest BCUT2D eigenvalue weighted by atomic mass is 10.4. The van der Waals surface area contributed by atoms with Crippen LogP contribution in [-0.4, -0.2) is 33.9 Å². The monoisotopic (exact) mass is 183 g/mol. The van der Waals surface area contributed by atoms with Gasteiger partial charge in [0.05, 0.1) is 0 Å². The number of rotatable bonds is 3. The number of imidazole rings is 1. The normalized spacial score (nSPS) is 10.0. The molecule has 0 aromatic carbocycles. The molecule has 2 N–H and O–H groups in total. The maximum absolute atomic E-state index is 11.6. The number of H-pyrrole nitrogens is 2. The second-order valence-electron chi connectivity index (χ2n) is 2.63. The summed E-state index contributed by atoms with van der Waals surface area (Å²) in [4.78, 5) is 28.7. The lowest BCUT2D eigenvalue weighted by molar-refractivity contribution is 0.0767. The lowest BCUT2D eigenvalue weighted by Crippen LogP contribution is -2.31. The number of carbonyl (C=O) groups is 1. The quantitative estimate of drug-likeness (QED) is 0.702. The largest absolute Gasteiger partial charge is 0.338 e. The molecule has 72 valence electrons. The Balaban J connectivity index is 2.84. The first kappa shape index (κ1) is 9.57. The fourth-order valence-corrected chi connectivity index (χ4v) is 1.13. The Morgan fingerprint density at radius 1 is 1.46 bits per heavy atom. The van der Waals surface area contributed by atoms with Gasteiger partial charge in [-0.1, -0.05) is 0 Å². The van der Waals surface area contributed by atoms with Gasteiger partial charge in [-0.15, -0.1) is 0 Å². The molecule has 1 rings (SSSR count). The number of amides is 1. The van der Waals surface area contributed by atoms with Gasteiger partial charge in [0.15, 0.2) is 0 Å². The third-order valence-corrected chi connectivity index (χ3v) is 1.88. The summed E-state index contributed by atoms with van der Waals surface area (Å²) in [5, 5.41) is 0. The highest BCUT2D eigenvalue weighted by Gasteiger charge is 2.13. The molecule has 0 fully saturated rings. The number of hydrogen-bond acceptors (Lipinski definition) is 2. The maximum Gasteiger partial charge on any atom is 0.323 e. The molecule has 0 aliphatic rings. The van der Waals surface area contributed by atoms with Gasteiger partial charge in [0.2, 0.25) is 0 Å². The predicted octanol–water partition coefficient (Wildman–Crippen LogP) is 0.185. The molecule has 0 saturated heterocycles. The van der Waals surface area contributed by atoms with E-state index in [2.05, 4.69) is 9.97 Å². The van der Waals surface area contributed by atoms with E-state index in [-0.39, 0.29) is 11.6 Å². The molecule has 1 aromatic rings. The third kappa shape index (κ3) is 1.99. The first-order chi connectivity index (χ1) is 6.19.